The van der Waals surface area contributed by atoms with E-state index in [2.05, 4.69) is 15.6 Å². The van der Waals surface area contributed by atoms with Crippen molar-refractivity contribution in [3.63, 3.8) is 0 Å². The number of amides is 1. The number of nitrogens with one attached hydrogen (secondary N) is 2. The highest BCUT2D eigenvalue weighted by Crippen LogP contribution is 2.13. The van der Waals surface area contributed by atoms with Gasteiger partial charge in [0, 0.05) is 39.3 Å². The fraction of sp³-hybridized carbons (Fsp3) is 0.333. The van der Waals surface area contributed by atoms with E-state index in [4.69, 9.17) is 16.3 Å². The van der Waals surface area contributed by atoms with E-state index in [1.807, 2.05) is 48.5 Å². The third-order valence-electron chi connectivity index (χ3n) is 4.06. The second-order valence-corrected chi connectivity index (χ2v) is 6.89. The minimum absolute atomic E-state index is 0. The summed E-state index contributed by atoms with van der Waals surface area (Å²) in [5, 5.41) is 7.31. The number of hydrogen-bond acceptors (Lipinski definition) is 3. The van der Waals surface area contributed by atoms with Crippen molar-refractivity contribution in [2.45, 2.75) is 13.0 Å². The van der Waals surface area contributed by atoms with Crippen molar-refractivity contribution in [3.8, 4) is 5.75 Å². The molecule has 0 heterocycles. The average molecular weight is 531 g/mol. The molecule has 29 heavy (non-hydrogen) atoms. The molecule has 1 amide bonds. The molecular formula is C21H28ClIN4O2. The van der Waals surface area contributed by atoms with Gasteiger partial charge in [-0.1, -0.05) is 35.9 Å². The molecule has 0 fully saturated rings. The Morgan fingerprint density at radius 3 is 2.48 bits per heavy atom. The summed E-state index contributed by atoms with van der Waals surface area (Å²) in [6, 6.07) is 15.5. The Labute approximate surface area is 194 Å². The number of carbonyl (C=O) groups excluding carboxylic acids is 1. The zero-order valence-corrected chi connectivity index (χ0v) is 20.0. The maximum absolute atomic E-state index is 11.6. The van der Waals surface area contributed by atoms with Gasteiger partial charge in [0.25, 0.3) is 5.91 Å². The zero-order chi connectivity index (χ0) is 20.4. The second-order valence-electron chi connectivity index (χ2n) is 6.45. The number of guanidine groups is 1. The average Bonchev–Trinajstić information content (AvgIpc) is 2.70. The van der Waals surface area contributed by atoms with E-state index in [1.54, 1.807) is 21.1 Å². The van der Waals surface area contributed by atoms with Gasteiger partial charge in [0.15, 0.2) is 12.6 Å². The first kappa shape index (κ1) is 25.0. The Hall–Kier alpha value is -2.00. The number of rotatable bonds is 8. The van der Waals surface area contributed by atoms with E-state index in [0.717, 1.165) is 29.5 Å². The minimum Gasteiger partial charge on any atom is -0.484 e. The first-order chi connectivity index (χ1) is 13.5. The van der Waals surface area contributed by atoms with Crippen molar-refractivity contribution in [2.24, 2.45) is 4.99 Å². The number of aliphatic imine (C=N–C) groups is 1. The summed E-state index contributed by atoms with van der Waals surface area (Å²) in [4.78, 5) is 17.4. The maximum Gasteiger partial charge on any atom is 0.259 e. The third kappa shape index (κ3) is 9.36. The number of halogens is 2. The van der Waals surface area contributed by atoms with E-state index in [0.29, 0.717) is 12.3 Å². The van der Waals surface area contributed by atoms with Crippen molar-refractivity contribution in [1.82, 2.24) is 15.5 Å². The number of ether oxygens (including phenoxy) is 1. The molecule has 2 aromatic carbocycles. The Bertz CT molecular complexity index is 798. The molecule has 0 unspecified atom stereocenters. The van der Waals surface area contributed by atoms with Gasteiger partial charge in [-0.2, -0.15) is 0 Å². The summed E-state index contributed by atoms with van der Waals surface area (Å²) in [7, 11) is 5.15. The summed E-state index contributed by atoms with van der Waals surface area (Å²) >= 11 is 5.91. The van der Waals surface area contributed by atoms with Gasteiger partial charge in [-0.05, 0) is 41.8 Å². The molecule has 6 nitrogen and oxygen atoms in total. The molecule has 8 heteroatoms. The van der Waals surface area contributed by atoms with E-state index in [-0.39, 0.29) is 36.5 Å². The molecule has 0 aliphatic heterocycles. The number of benzene rings is 2. The quantitative estimate of drug-likeness (QED) is 0.312. The molecule has 0 aromatic heterocycles. The molecule has 0 aliphatic rings. The predicted molar refractivity (Wildman–Crippen MR) is 129 cm³/mol. The lowest BCUT2D eigenvalue weighted by Gasteiger charge is -2.14. The molecule has 2 aromatic rings. The predicted octanol–water partition coefficient (Wildman–Crippen LogP) is 3.33. The van der Waals surface area contributed by atoms with Gasteiger partial charge in [-0.3, -0.25) is 9.79 Å². The molecular weight excluding hydrogens is 503 g/mol. The van der Waals surface area contributed by atoms with Gasteiger partial charge in [0.05, 0.1) is 0 Å². The SMILES string of the molecule is CN=C(NCCc1ccc(Cl)cc1)NCc1cccc(OCC(=O)N(C)C)c1.I. The lowest BCUT2D eigenvalue weighted by molar-refractivity contribution is -0.130. The summed E-state index contributed by atoms with van der Waals surface area (Å²) < 4.78 is 5.55. The molecule has 0 bridgehead atoms. The monoisotopic (exact) mass is 530 g/mol. The fourth-order valence-corrected chi connectivity index (χ4v) is 2.53. The second kappa shape index (κ2) is 13.3. The zero-order valence-electron chi connectivity index (χ0n) is 16.9. The number of nitrogens with zero attached hydrogens (tertiary/aromatic N) is 2. The van der Waals surface area contributed by atoms with Crippen molar-refractivity contribution in [2.75, 3.05) is 34.3 Å². The highest BCUT2D eigenvalue weighted by molar-refractivity contribution is 14.0. The van der Waals surface area contributed by atoms with Crippen LogP contribution in [-0.4, -0.2) is 51.1 Å². The topological polar surface area (TPSA) is 66.0 Å². The van der Waals surface area contributed by atoms with Gasteiger partial charge in [-0.15, -0.1) is 24.0 Å². The Morgan fingerprint density at radius 2 is 1.83 bits per heavy atom. The molecule has 0 aliphatic carbocycles. The minimum atomic E-state index is -0.0752. The van der Waals surface area contributed by atoms with Crippen LogP contribution in [0.15, 0.2) is 53.5 Å². The molecule has 0 saturated carbocycles. The molecule has 0 atom stereocenters. The summed E-state index contributed by atoms with van der Waals surface area (Å²) in [5.41, 5.74) is 2.25. The van der Waals surface area contributed by atoms with Crippen molar-refractivity contribution in [1.29, 1.82) is 0 Å². The first-order valence-corrected chi connectivity index (χ1v) is 9.46. The van der Waals surface area contributed by atoms with Crippen LogP contribution in [0.3, 0.4) is 0 Å². The van der Waals surface area contributed by atoms with E-state index >= 15 is 0 Å². The number of likely N-dealkylation sites (N-methyl/N-ethyl adjacent to an activating group) is 1. The lowest BCUT2D eigenvalue weighted by atomic mass is 10.1. The van der Waals surface area contributed by atoms with Crippen LogP contribution < -0.4 is 15.4 Å². The van der Waals surface area contributed by atoms with Gasteiger partial charge < -0.3 is 20.3 Å². The Kier molecular flexibility index (Phi) is 11.5. The molecule has 0 saturated heterocycles. The van der Waals surface area contributed by atoms with Gasteiger partial charge >= 0.3 is 0 Å². The van der Waals surface area contributed by atoms with Crippen molar-refractivity contribution < 1.29 is 9.53 Å². The smallest absolute Gasteiger partial charge is 0.259 e. The molecule has 0 radical (unpaired) electrons. The largest absolute Gasteiger partial charge is 0.484 e. The molecule has 2 N–H and O–H groups in total. The Balaban J connectivity index is 0.00000420. The van der Waals surface area contributed by atoms with E-state index in [9.17, 15) is 4.79 Å². The first-order valence-electron chi connectivity index (χ1n) is 9.09. The number of hydrogen-bond donors (Lipinski definition) is 2. The van der Waals surface area contributed by atoms with Gasteiger partial charge in [0.1, 0.15) is 5.75 Å². The van der Waals surface area contributed by atoms with Crippen LogP contribution in [0.5, 0.6) is 5.75 Å². The van der Waals surface area contributed by atoms with Crippen LogP contribution in [0.2, 0.25) is 5.02 Å². The normalized spacial score (nSPS) is 10.7. The van der Waals surface area contributed by atoms with Crippen molar-refractivity contribution in [3.05, 3.63) is 64.7 Å². The summed E-state index contributed by atoms with van der Waals surface area (Å²) in [5.74, 6) is 1.32. The molecule has 0 spiro atoms. The van der Waals surface area contributed by atoms with Crippen LogP contribution in [0.4, 0.5) is 0 Å². The molecule has 158 valence electrons. The van der Waals surface area contributed by atoms with Crippen LogP contribution in [-0.2, 0) is 17.8 Å². The van der Waals surface area contributed by atoms with Crippen LogP contribution >= 0.6 is 35.6 Å². The van der Waals surface area contributed by atoms with Gasteiger partial charge in [-0.25, -0.2) is 0 Å². The summed E-state index contributed by atoms with van der Waals surface area (Å²) in [6.45, 7) is 1.38. The van der Waals surface area contributed by atoms with Crippen LogP contribution in [0.25, 0.3) is 0 Å². The fourth-order valence-electron chi connectivity index (χ4n) is 2.40. The third-order valence-corrected chi connectivity index (χ3v) is 4.31. The highest BCUT2D eigenvalue weighted by atomic mass is 127. The van der Waals surface area contributed by atoms with Crippen LogP contribution in [0, 0.1) is 0 Å². The van der Waals surface area contributed by atoms with E-state index in [1.165, 1.54) is 10.5 Å². The maximum atomic E-state index is 11.6. The number of carbonyl (C=O) groups is 1. The van der Waals surface area contributed by atoms with Crippen LogP contribution in [0.1, 0.15) is 11.1 Å². The Morgan fingerprint density at radius 1 is 1.10 bits per heavy atom. The van der Waals surface area contributed by atoms with Crippen molar-refractivity contribution >= 4 is 47.4 Å². The molecule has 2 rings (SSSR count). The lowest BCUT2D eigenvalue weighted by Crippen LogP contribution is -2.37. The standard InChI is InChI=1S/C21H27ClN4O2.HI/c1-23-21(24-12-11-16-7-9-18(22)10-8-16)25-14-17-5-4-6-19(13-17)28-15-20(27)26(2)3;/h4-10,13H,11-12,14-15H2,1-3H3,(H2,23,24,25);1H. The van der Waals surface area contributed by atoms with Gasteiger partial charge in [0.2, 0.25) is 0 Å². The van der Waals surface area contributed by atoms with E-state index < -0.39 is 0 Å². The highest BCUT2D eigenvalue weighted by Gasteiger charge is 2.06. The summed E-state index contributed by atoms with van der Waals surface area (Å²) in [6.07, 6.45) is 0.876.